The van der Waals surface area contributed by atoms with Gasteiger partial charge in [-0.2, -0.15) is 0 Å². The highest BCUT2D eigenvalue weighted by Gasteiger charge is 2.24. The van der Waals surface area contributed by atoms with Crippen LogP contribution in [-0.2, 0) is 4.74 Å². The van der Waals surface area contributed by atoms with Crippen LogP contribution in [-0.4, -0.2) is 56.9 Å². The molecule has 0 spiro atoms. The standard InChI is InChI=1S/C16H24N2O2/c1-2-18-7-8-19-14(11-18)10-17-9-13-12-20-16-6-4-3-5-15(13)16/h3-6,13-14,17H,2,7-12H2,1H3. The van der Waals surface area contributed by atoms with E-state index in [0.717, 1.165) is 51.7 Å². The Hall–Kier alpha value is -1.10. The first kappa shape index (κ1) is 13.9. The number of para-hydroxylation sites is 1. The van der Waals surface area contributed by atoms with Crippen molar-refractivity contribution in [3.8, 4) is 5.75 Å². The van der Waals surface area contributed by atoms with E-state index in [0.29, 0.717) is 12.0 Å². The molecule has 1 N–H and O–H groups in total. The lowest BCUT2D eigenvalue weighted by molar-refractivity contribution is -0.0253. The van der Waals surface area contributed by atoms with Crippen LogP contribution in [0.2, 0.25) is 0 Å². The Morgan fingerprint density at radius 3 is 3.10 bits per heavy atom. The number of benzene rings is 1. The second kappa shape index (κ2) is 6.57. The number of rotatable bonds is 5. The number of ether oxygens (including phenoxy) is 2. The van der Waals surface area contributed by atoms with E-state index >= 15 is 0 Å². The molecular weight excluding hydrogens is 252 g/mol. The second-order valence-electron chi connectivity index (χ2n) is 5.59. The molecule has 0 aromatic heterocycles. The van der Waals surface area contributed by atoms with Gasteiger partial charge in [-0.25, -0.2) is 0 Å². The first-order chi connectivity index (χ1) is 9.86. The van der Waals surface area contributed by atoms with E-state index in [2.05, 4.69) is 35.3 Å². The summed E-state index contributed by atoms with van der Waals surface area (Å²) in [5, 5.41) is 3.55. The maximum absolute atomic E-state index is 5.81. The molecule has 1 saturated heterocycles. The van der Waals surface area contributed by atoms with Crippen LogP contribution >= 0.6 is 0 Å². The van der Waals surface area contributed by atoms with Gasteiger partial charge < -0.3 is 14.8 Å². The summed E-state index contributed by atoms with van der Waals surface area (Å²) in [6, 6.07) is 8.34. The Morgan fingerprint density at radius 2 is 2.20 bits per heavy atom. The molecule has 3 rings (SSSR count). The van der Waals surface area contributed by atoms with Crippen LogP contribution in [0.4, 0.5) is 0 Å². The van der Waals surface area contributed by atoms with Crippen molar-refractivity contribution in [1.29, 1.82) is 0 Å². The zero-order valence-electron chi connectivity index (χ0n) is 12.2. The van der Waals surface area contributed by atoms with Crippen molar-refractivity contribution in [2.75, 3.05) is 45.9 Å². The third-order valence-electron chi connectivity index (χ3n) is 4.23. The lowest BCUT2D eigenvalue weighted by Crippen LogP contribution is -2.46. The lowest BCUT2D eigenvalue weighted by Gasteiger charge is -2.32. The summed E-state index contributed by atoms with van der Waals surface area (Å²) in [7, 11) is 0. The predicted molar refractivity (Wildman–Crippen MR) is 79.4 cm³/mol. The molecule has 2 aliphatic heterocycles. The Bertz CT molecular complexity index is 438. The van der Waals surface area contributed by atoms with Crippen LogP contribution in [0.15, 0.2) is 24.3 Å². The van der Waals surface area contributed by atoms with Crippen LogP contribution in [0, 0.1) is 0 Å². The highest BCUT2D eigenvalue weighted by molar-refractivity contribution is 5.39. The van der Waals surface area contributed by atoms with Crippen molar-refractivity contribution in [3.05, 3.63) is 29.8 Å². The number of likely N-dealkylation sites (N-methyl/N-ethyl adjacent to an activating group) is 1. The topological polar surface area (TPSA) is 33.7 Å². The molecule has 2 heterocycles. The minimum atomic E-state index is 0.321. The van der Waals surface area contributed by atoms with E-state index in [1.54, 1.807) is 0 Å². The van der Waals surface area contributed by atoms with E-state index in [1.165, 1.54) is 5.56 Å². The fourth-order valence-corrected chi connectivity index (χ4v) is 3.01. The normalized spacial score (nSPS) is 26.2. The average Bonchev–Trinajstić information content (AvgIpc) is 2.91. The van der Waals surface area contributed by atoms with E-state index in [-0.39, 0.29) is 0 Å². The molecule has 0 bridgehead atoms. The maximum Gasteiger partial charge on any atom is 0.122 e. The van der Waals surface area contributed by atoms with E-state index in [9.17, 15) is 0 Å². The Labute approximate surface area is 121 Å². The summed E-state index contributed by atoms with van der Waals surface area (Å²) in [6.45, 7) is 8.97. The number of hydrogen-bond donors (Lipinski definition) is 1. The highest BCUT2D eigenvalue weighted by atomic mass is 16.5. The molecular formula is C16H24N2O2. The third-order valence-corrected chi connectivity index (χ3v) is 4.23. The summed E-state index contributed by atoms with van der Waals surface area (Å²) in [4.78, 5) is 2.45. The van der Waals surface area contributed by atoms with Gasteiger partial charge in [-0.3, -0.25) is 4.90 Å². The van der Waals surface area contributed by atoms with Crippen LogP contribution in [0.25, 0.3) is 0 Å². The van der Waals surface area contributed by atoms with Gasteiger partial charge in [0.1, 0.15) is 5.75 Å². The summed E-state index contributed by atoms with van der Waals surface area (Å²) in [5.41, 5.74) is 1.33. The Balaban J connectivity index is 1.44. The molecule has 2 aliphatic rings. The van der Waals surface area contributed by atoms with Gasteiger partial charge in [-0.15, -0.1) is 0 Å². The SMILES string of the molecule is CCN1CCOC(CNCC2COc3ccccc32)C1. The molecule has 2 unspecified atom stereocenters. The Morgan fingerprint density at radius 1 is 1.30 bits per heavy atom. The summed E-state index contributed by atoms with van der Waals surface area (Å²) < 4.78 is 11.5. The van der Waals surface area contributed by atoms with Crippen LogP contribution in [0.5, 0.6) is 5.75 Å². The number of fused-ring (bicyclic) bond motifs is 1. The molecule has 2 atom stereocenters. The van der Waals surface area contributed by atoms with Gasteiger partial charge in [0.05, 0.1) is 19.3 Å². The molecule has 0 radical (unpaired) electrons. The monoisotopic (exact) mass is 276 g/mol. The zero-order chi connectivity index (χ0) is 13.8. The molecule has 110 valence electrons. The smallest absolute Gasteiger partial charge is 0.122 e. The molecule has 4 nitrogen and oxygen atoms in total. The Kier molecular flexibility index (Phi) is 4.55. The molecule has 0 aliphatic carbocycles. The van der Waals surface area contributed by atoms with Gasteiger partial charge in [0.25, 0.3) is 0 Å². The van der Waals surface area contributed by atoms with Crippen LogP contribution in [0.3, 0.4) is 0 Å². The van der Waals surface area contributed by atoms with E-state index in [1.807, 2.05) is 6.07 Å². The predicted octanol–water partition coefficient (Wildman–Crippen LogP) is 1.47. The fraction of sp³-hybridized carbons (Fsp3) is 0.625. The molecule has 1 aromatic carbocycles. The molecule has 0 amide bonds. The van der Waals surface area contributed by atoms with E-state index in [4.69, 9.17) is 9.47 Å². The first-order valence-electron chi connectivity index (χ1n) is 7.63. The van der Waals surface area contributed by atoms with Gasteiger partial charge in [-0.1, -0.05) is 25.1 Å². The van der Waals surface area contributed by atoms with Crippen molar-refractivity contribution in [2.45, 2.75) is 18.9 Å². The average molecular weight is 276 g/mol. The number of nitrogens with one attached hydrogen (secondary N) is 1. The zero-order valence-corrected chi connectivity index (χ0v) is 12.2. The van der Waals surface area contributed by atoms with Crippen molar-refractivity contribution < 1.29 is 9.47 Å². The van der Waals surface area contributed by atoms with Gasteiger partial charge >= 0.3 is 0 Å². The van der Waals surface area contributed by atoms with E-state index < -0.39 is 0 Å². The second-order valence-corrected chi connectivity index (χ2v) is 5.59. The summed E-state index contributed by atoms with van der Waals surface area (Å²) in [6.07, 6.45) is 0.321. The quantitative estimate of drug-likeness (QED) is 0.883. The largest absolute Gasteiger partial charge is 0.493 e. The van der Waals surface area contributed by atoms with Crippen molar-refractivity contribution in [2.24, 2.45) is 0 Å². The first-order valence-corrected chi connectivity index (χ1v) is 7.63. The molecule has 1 fully saturated rings. The van der Waals surface area contributed by atoms with Gasteiger partial charge in [0.15, 0.2) is 0 Å². The maximum atomic E-state index is 5.81. The van der Waals surface area contributed by atoms with Crippen molar-refractivity contribution in [1.82, 2.24) is 10.2 Å². The number of morpholine rings is 1. The summed E-state index contributed by atoms with van der Waals surface area (Å²) in [5.74, 6) is 1.52. The molecule has 1 aromatic rings. The summed E-state index contributed by atoms with van der Waals surface area (Å²) >= 11 is 0. The highest BCUT2D eigenvalue weighted by Crippen LogP contribution is 2.32. The van der Waals surface area contributed by atoms with Crippen LogP contribution < -0.4 is 10.1 Å². The minimum absolute atomic E-state index is 0.321. The van der Waals surface area contributed by atoms with Crippen LogP contribution in [0.1, 0.15) is 18.4 Å². The fourth-order valence-electron chi connectivity index (χ4n) is 3.01. The third kappa shape index (κ3) is 3.14. The van der Waals surface area contributed by atoms with Crippen molar-refractivity contribution >= 4 is 0 Å². The minimum Gasteiger partial charge on any atom is -0.493 e. The van der Waals surface area contributed by atoms with Gasteiger partial charge in [-0.05, 0) is 12.6 Å². The number of nitrogens with zero attached hydrogens (tertiary/aromatic N) is 1. The van der Waals surface area contributed by atoms with Gasteiger partial charge in [0, 0.05) is 37.7 Å². The van der Waals surface area contributed by atoms with Gasteiger partial charge in [0.2, 0.25) is 0 Å². The molecule has 0 saturated carbocycles. The lowest BCUT2D eigenvalue weighted by atomic mass is 10.0. The van der Waals surface area contributed by atoms with Crippen molar-refractivity contribution in [3.63, 3.8) is 0 Å². The molecule has 20 heavy (non-hydrogen) atoms. The molecule has 4 heteroatoms. The number of hydrogen-bond acceptors (Lipinski definition) is 4.